The molecule has 1 amide bonds. The molecule has 0 bridgehead atoms. The SMILES string of the molecule is O=C(CSc1cc(C(=O)O)ccn1)Nc1ccc(Br)cc1. The molecule has 0 atom stereocenters. The van der Waals surface area contributed by atoms with Crippen molar-refractivity contribution in [2.45, 2.75) is 5.03 Å². The van der Waals surface area contributed by atoms with Crippen LogP contribution in [-0.4, -0.2) is 27.7 Å². The highest BCUT2D eigenvalue weighted by atomic mass is 79.9. The Morgan fingerprint density at radius 1 is 1.24 bits per heavy atom. The molecule has 0 unspecified atom stereocenters. The van der Waals surface area contributed by atoms with E-state index in [1.54, 1.807) is 12.1 Å². The van der Waals surface area contributed by atoms with Gasteiger partial charge in [-0.3, -0.25) is 4.79 Å². The molecule has 0 aliphatic heterocycles. The van der Waals surface area contributed by atoms with Crippen LogP contribution in [0.25, 0.3) is 0 Å². The highest BCUT2D eigenvalue weighted by Gasteiger charge is 2.07. The Balaban J connectivity index is 1.90. The van der Waals surface area contributed by atoms with E-state index in [0.717, 1.165) is 4.47 Å². The first-order valence-corrected chi connectivity index (χ1v) is 7.70. The minimum absolute atomic E-state index is 0.154. The minimum Gasteiger partial charge on any atom is -0.478 e. The van der Waals surface area contributed by atoms with Gasteiger partial charge in [0.15, 0.2) is 0 Å². The third kappa shape index (κ3) is 4.87. The fourth-order valence-corrected chi connectivity index (χ4v) is 2.45. The van der Waals surface area contributed by atoms with Gasteiger partial charge in [-0.25, -0.2) is 9.78 Å². The normalized spacial score (nSPS) is 10.1. The van der Waals surface area contributed by atoms with Gasteiger partial charge < -0.3 is 10.4 Å². The van der Waals surface area contributed by atoms with Crippen molar-refractivity contribution < 1.29 is 14.7 Å². The first-order chi connectivity index (χ1) is 10.0. The van der Waals surface area contributed by atoms with Crippen LogP contribution in [0.1, 0.15) is 10.4 Å². The highest BCUT2D eigenvalue weighted by molar-refractivity contribution is 9.10. The summed E-state index contributed by atoms with van der Waals surface area (Å²) in [6, 6.07) is 10.1. The van der Waals surface area contributed by atoms with Gasteiger partial charge in [-0.2, -0.15) is 0 Å². The number of nitrogens with one attached hydrogen (secondary N) is 1. The monoisotopic (exact) mass is 366 g/mol. The molecule has 7 heteroatoms. The number of amides is 1. The number of carboxylic acid groups (broad SMARTS) is 1. The Labute approximate surface area is 133 Å². The molecule has 0 aliphatic rings. The molecule has 1 heterocycles. The van der Waals surface area contributed by atoms with Crippen LogP contribution in [0, 0.1) is 0 Å². The van der Waals surface area contributed by atoms with E-state index in [1.807, 2.05) is 12.1 Å². The number of carboxylic acids is 1. The summed E-state index contributed by atoms with van der Waals surface area (Å²) >= 11 is 4.51. The number of benzene rings is 1. The van der Waals surface area contributed by atoms with Crippen molar-refractivity contribution in [1.29, 1.82) is 0 Å². The lowest BCUT2D eigenvalue weighted by Gasteiger charge is -2.05. The molecule has 0 saturated heterocycles. The first-order valence-electron chi connectivity index (χ1n) is 5.92. The zero-order chi connectivity index (χ0) is 15.2. The molecular weight excluding hydrogens is 356 g/mol. The molecule has 0 spiro atoms. The maximum atomic E-state index is 11.8. The van der Waals surface area contributed by atoms with Crippen LogP contribution in [0.2, 0.25) is 0 Å². The van der Waals surface area contributed by atoms with Gasteiger partial charge in [-0.1, -0.05) is 27.7 Å². The van der Waals surface area contributed by atoms with E-state index in [1.165, 1.54) is 30.1 Å². The molecule has 108 valence electrons. The quantitative estimate of drug-likeness (QED) is 0.793. The number of aromatic carboxylic acids is 1. The molecule has 0 radical (unpaired) electrons. The van der Waals surface area contributed by atoms with Gasteiger partial charge >= 0.3 is 5.97 Å². The lowest BCUT2D eigenvalue weighted by Crippen LogP contribution is -2.14. The van der Waals surface area contributed by atoms with Gasteiger partial charge in [-0.05, 0) is 36.4 Å². The zero-order valence-electron chi connectivity index (χ0n) is 10.7. The predicted molar refractivity (Wildman–Crippen MR) is 84.7 cm³/mol. The predicted octanol–water partition coefficient (Wildman–Crippen LogP) is 3.27. The van der Waals surface area contributed by atoms with Crippen molar-refractivity contribution in [3.63, 3.8) is 0 Å². The van der Waals surface area contributed by atoms with Crippen LogP contribution >= 0.6 is 27.7 Å². The number of nitrogens with zero attached hydrogens (tertiary/aromatic N) is 1. The molecular formula is C14H11BrN2O3S. The van der Waals surface area contributed by atoms with Gasteiger partial charge in [0.25, 0.3) is 0 Å². The van der Waals surface area contributed by atoms with Crippen molar-refractivity contribution in [2.75, 3.05) is 11.1 Å². The molecule has 5 nitrogen and oxygen atoms in total. The molecule has 1 aromatic carbocycles. The third-order valence-corrected chi connectivity index (χ3v) is 3.92. The maximum absolute atomic E-state index is 11.8. The summed E-state index contributed by atoms with van der Waals surface area (Å²) in [6.07, 6.45) is 1.42. The van der Waals surface area contributed by atoms with E-state index < -0.39 is 5.97 Å². The number of carbonyl (C=O) groups is 2. The highest BCUT2D eigenvalue weighted by Crippen LogP contribution is 2.18. The second-order valence-electron chi connectivity index (χ2n) is 4.03. The van der Waals surface area contributed by atoms with E-state index in [-0.39, 0.29) is 17.2 Å². The number of carbonyl (C=O) groups excluding carboxylic acids is 1. The van der Waals surface area contributed by atoms with Crippen molar-refractivity contribution in [3.8, 4) is 0 Å². The Morgan fingerprint density at radius 2 is 1.95 bits per heavy atom. The number of rotatable bonds is 5. The van der Waals surface area contributed by atoms with Crippen LogP contribution in [0.4, 0.5) is 5.69 Å². The number of thioether (sulfide) groups is 1. The lowest BCUT2D eigenvalue weighted by atomic mass is 10.3. The standard InChI is InChI=1S/C14H11BrN2O3S/c15-10-1-3-11(4-2-10)17-12(18)8-21-13-7-9(14(19)20)5-6-16-13/h1-7H,8H2,(H,17,18)(H,19,20). The Hall–Kier alpha value is -1.86. The molecule has 21 heavy (non-hydrogen) atoms. The second kappa shape index (κ2) is 7.24. The number of aromatic nitrogens is 1. The maximum Gasteiger partial charge on any atom is 0.335 e. The number of halogens is 1. The van der Waals surface area contributed by atoms with Crippen molar-refractivity contribution in [3.05, 3.63) is 52.6 Å². The number of anilines is 1. The summed E-state index contributed by atoms with van der Waals surface area (Å²) in [5.41, 5.74) is 0.858. The summed E-state index contributed by atoms with van der Waals surface area (Å²) in [5.74, 6) is -1.03. The van der Waals surface area contributed by atoms with Crippen molar-refractivity contribution >= 4 is 45.3 Å². The topological polar surface area (TPSA) is 79.3 Å². The van der Waals surface area contributed by atoms with Crippen molar-refractivity contribution in [1.82, 2.24) is 4.98 Å². The van der Waals surface area contributed by atoms with Crippen LogP contribution in [-0.2, 0) is 4.79 Å². The van der Waals surface area contributed by atoms with Crippen LogP contribution in [0.3, 0.4) is 0 Å². The Bertz CT molecular complexity index is 662. The fourth-order valence-electron chi connectivity index (χ4n) is 1.49. The minimum atomic E-state index is -1.02. The average Bonchev–Trinajstić information content (AvgIpc) is 2.48. The van der Waals surface area contributed by atoms with Gasteiger partial charge in [-0.15, -0.1) is 0 Å². The van der Waals surface area contributed by atoms with Crippen LogP contribution in [0.15, 0.2) is 52.1 Å². The average molecular weight is 367 g/mol. The summed E-state index contributed by atoms with van der Waals surface area (Å²) < 4.78 is 0.935. The van der Waals surface area contributed by atoms with Gasteiger partial charge in [0.05, 0.1) is 16.3 Å². The molecule has 1 aromatic heterocycles. The molecule has 2 N–H and O–H groups in total. The summed E-state index contributed by atoms with van der Waals surface area (Å²) in [4.78, 5) is 26.7. The third-order valence-electron chi connectivity index (χ3n) is 2.46. The fraction of sp³-hybridized carbons (Fsp3) is 0.0714. The molecule has 2 aromatic rings. The lowest BCUT2D eigenvalue weighted by molar-refractivity contribution is -0.113. The number of pyridine rings is 1. The second-order valence-corrected chi connectivity index (χ2v) is 5.94. The zero-order valence-corrected chi connectivity index (χ0v) is 13.1. The van der Waals surface area contributed by atoms with Gasteiger partial charge in [0.2, 0.25) is 5.91 Å². The summed E-state index contributed by atoms with van der Waals surface area (Å²) in [7, 11) is 0. The smallest absolute Gasteiger partial charge is 0.335 e. The van der Waals surface area contributed by atoms with E-state index in [2.05, 4.69) is 26.2 Å². The Morgan fingerprint density at radius 3 is 2.62 bits per heavy atom. The number of hydrogen-bond acceptors (Lipinski definition) is 4. The molecule has 2 rings (SSSR count). The first kappa shape index (κ1) is 15.5. The summed E-state index contributed by atoms with van der Waals surface area (Å²) in [6.45, 7) is 0. The van der Waals surface area contributed by atoms with E-state index in [4.69, 9.17) is 5.11 Å². The Kier molecular flexibility index (Phi) is 5.35. The van der Waals surface area contributed by atoms with Gasteiger partial charge in [0.1, 0.15) is 0 Å². The molecule has 0 saturated carbocycles. The number of hydrogen-bond donors (Lipinski definition) is 2. The largest absolute Gasteiger partial charge is 0.478 e. The van der Waals surface area contributed by atoms with E-state index in [0.29, 0.717) is 10.7 Å². The van der Waals surface area contributed by atoms with Crippen LogP contribution in [0.5, 0.6) is 0 Å². The van der Waals surface area contributed by atoms with Crippen LogP contribution < -0.4 is 5.32 Å². The van der Waals surface area contributed by atoms with Crippen molar-refractivity contribution in [2.24, 2.45) is 0 Å². The van der Waals surface area contributed by atoms with E-state index in [9.17, 15) is 9.59 Å². The summed E-state index contributed by atoms with van der Waals surface area (Å²) in [5, 5.41) is 12.1. The molecule has 0 fully saturated rings. The molecule has 0 aliphatic carbocycles. The van der Waals surface area contributed by atoms with Gasteiger partial charge in [0, 0.05) is 16.4 Å². The van der Waals surface area contributed by atoms with E-state index >= 15 is 0 Å².